The fourth-order valence-corrected chi connectivity index (χ4v) is 5.25. The van der Waals surface area contributed by atoms with Crippen LogP contribution in [0.3, 0.4) is 0 Å². The van der Waals surface area contributed by atoms with Gasteiger partial charge in [0, 0.05) is 11.1 Å². The van der Waals surface area contributed by atoms with E-state index in [1.807, 2.05) is 18.2 Å². The van der Waals surface area contributed by atoms with Crippen LogP contribution in [0.4, 0.5) is 0 Å². The minimum absolute atomic E-state index is 0.00799. The average Bonchev–Trinajstić information content (AvgIpc) is 3.34. The van der Waals surface area contributed by atoms with E-state index in [1.54, 1.807) is 18.2 Å². The van der Waals surface area contributed by atoms with Crippen LogP contribution in [0, 0.1) is 5.92 Å². The number of hydrogen-bond donors (Lipinski definition) is 2. The first-order valence-electron chi connectivity index (χ1n) is 9.30. The van der Waals surface area contributed by atoms with Crippen molar-refractivity contribution in [3.8, 4) is 11.4 Å². The molecule has 1 heterocycles. The number of aromatic amines is 1. The molecular formula is C21H19Cl2N3O. The van der Waals surface area contributed by atoms with Crippen molar-refractivity contribution in [2.24, 2.45) is 5.92 Å². The molecule has 2 N–H and O–H groups in total. The summed E-state index contributed by atoms with van der Waals surface area (Å²) >= 11 is 12.6. The van der Waals surface area contributed by atoms with Gasteiger partial charge < -0.3 is 10.3 Å². The highest BCUT2D eigenvalue weighted by Crippen LogP contribution is 2.47. The molecule has 0 unspecified atom stereocenters. The van der Waals surface area contributed by atoms with Crippen LogP contribution in [-0.2, 0) is 0 Å². The molecule has 2 saturated carbocycles. The number of imidazole rings is 1. The number of fused-ring (bicyclic) bond motifs is 3. The van der Waals surface area contributed by atoms with Gasteiger partial charge in [-0.3, -0.25) is 4.79 Å². The maximum atomic E-state index is 12.8. The SMILES string of the molecule is O=C(NC12CCC(CC1)C2)c1ccc2nc(-c3c(Cl)cccc3Cl)[nH]c2c1. The minimum Gasteiger partial charge on any atom is -0.347 e. The second kappa shape index (κ2) is 6.25. The van der Waals surface area contributed by atoms with Crippen molar-refractivity contribution in [1.82, 2.24) is 15.3 Å². The third kappa shape index (κ3) is 2.91. The van der Waals surface area contributed by atoms with Gasteiger partial charge in [-0.1, -0.05) is 29.3 Å². The number of benzene rings is 2. The maximum absolute atomic E-state index is 12.8. The van der Waals surface area contributed by atoms with Crippen LogP contribution in [0.5, 0.6) is 0 Å². The van der Waals surface area contributed by atoms with E-state index in [2.05, 4.69) is 15.3 Å². The fourth-order valence-electron chi connectivity index (χ4n) is 4.67. The number of nitrogens with one attached hydrogen (secondary N) is 2. The number of amides is 1. The third-order valence-corrected chi connectivity index (χ3v) is 6.69. The number of rotatable bonds is 3. The predicted molar refractivity (Wildman–Crippen MR) is 108 cm³/mol. The van der Waals surface area contributed by atoms with E-state index in [1.165, 1.54) is 12.8 Å². The third-order valence-electron chi connectivity index (χ3n) is 6.06. The van der Waals surface area contributed by atoms with Gasteiger partial charge in [0.25, 0.3) is 5.91 Å². The minimum atomic E-state index is -0.00799. The Bertz CT molecular complexity index is 1030. The molecule has 3 aromatic rings. The zero-order valence-corrected chi connectivity index (χ0v) is 16.2. The fraction of sp³-hybridized carbons (Fsp3) is 0.333. The average molecular weight is 400 g/mol. The normalized spacial score (nSPS) is 23.9. The number of hydrogen-bond acceptors (Lipinski definition) is 2. The van der Waals surface area contributed by atoms with Gasteiger partial charge in [0.1, 0.15) is 5.82 Å². The lowest BCUT2D eigenvalue weighted by atomic mass is 9.93. The van der Waals surface area contributed by atoms with E-state index < -0.39 is 0 Å². The number of carbonyl (C=O) groups excluding carboxylic acids is 1. The maximum Gasteiger partial charge on any atom is 0.251 e. The molecule has 2 bridgehead atoms. The van der Waals surface area contributed by atoms with Gasteiger partial charge in [0.2, 0.25) is 0 Å². The lowest BCUT2D eigenvalue weighted by Crippen LogP contribution is -2.44. The van der Waals surface area contributed by atoms with Crippen molar-refractivity contribution < 1.29 is 4.79 Å². The Kier molecular flexibility index (Phi) is 3.95. The van der Waals surface area contributed by atoms with Crippen LogP contribution >= 0.6 is 23.2 Å². The molecule has 0 spiro atoms. The Morgan fingerprint density at radius 1 is 1.15 bits per heavy atom. The lowest BCUT2D eigenvalue weighted by Gasteiger charge is -2.28. The molecule has 0 aliphatic heterocycles. The summed E-state index contributed by atoms with van der Waals surface area (Å²) < 4.78 is 0. The van der Waals surface area contributed by atoms with E-state index in [4.69, 9.17) is 23.2 Å². The summed E-state index contributed by atoms with van der Waals surface area (Å²) in [7, 11) is 0. The van der Waals surface area contributed by atoms with Crippen LogP contribution in [-0.4, -0.2) is 21.4 Å². The molecule has 6 heteroatoms. The predicted octanol–water partition coefficient (Wildman–Crippen LogP) is 5.60. The summed E-state index contributed by atoms with van der Waals surface area (Å²) in [5.41, 5.74) is 2.90. The summed E-state index contributed by atoms with van der Waals surface area (Å²) in [6.45, 7) is 0. The quantitative estimate of drug-likeness (QED) is 0.601. The molecule has 1 amide bonds. The van der Waals surface area contributed by atoms with Crippen molar-refractivity contribution in [3.05, 3.63) is 52.0 Å². The highest BCUT2D eigenvalue weighted by molar-refractivity contribution is 6.39. The van der Waals surface area contributed by atoms with Gasteiger partial charge in [0.05, 0.1) is 26.6 Å². The Hall–Kier alpha value is -2.04. The summed E-state index contributed by atoms with van der Waals surface area (Å²) in [5.74, 6) is 1.39. The van der Waals surface area contributed by atoms with Crippen LogP contribution in [0.1, 0.15) is 42.5 Å². The molecule has 2 aromatic carbocycles. The van der Waals surface area contributed by atoms with E-state index in [9.17, 15) is 4.79 Å². The zero-order chi connectivity index (χ0) is 18.6. The zero-order valence-electron chi connectivity index (χ0n) is 14.7. The molecule has 0 radical (unpaired) electrons. The van der Waals surface area contributed by atoms with Crippen molar-refractivity contribution in [2.45, 2.75) is 37.6 Å². The summed E-state index contributed by atoms with van der Waals surface area (Å²) in [5, 5.41) is 4.38. The molecule has 4 nitrogen and oxygen atoms in total. The number of H-pyrrole nitrogens is 1. The van der Waals surface area contributed by atoms with Crippen LogP contribution in [0.15, 0.2) is 36.4 Å². The van der Waals surface area contributed by atoms with E-state index in [0.717, 1.165) is 36.2 Å². The second-order valence-electron chi connectivity index (χ2n) is 7.80. The Morgan fingerprint density at radius 2 is 1.89 bits per heavy atom. The van der Waals surface area contributed by atoms with E-state index in [0.29, 0.717) is 27.0 Å². The molecule has 1 aromatic heterocycles. The van der Waals surface area contributed by atoms with Crippen LogP contribution in [0.25, 0.3) is 22.4 Å². The topological polar surface area (TPSA) is 57.8 Å². The number of halogens is 2. The molecular weight excluding hydrogens is 381 g/mol. The molecule has 2 fully saturated rings. The van der Waals surface area contributed by atoms with Crippen molar-refractivity contribution in [1.29, 1.82) is 0 Å². The van der Waals surface area contributed by atoms with Crippen molar-refractivity contribution in [2.75, 3.05) is 0 Å². The molecule has 138 valence electrons. The van der Waals surface area contributed by atoms with Crippen LogP contribution < -0.4 is 5.32 Å². The Balaban J connectivity index is 1.46. The van der Waals surface area contributed by atoms with Crippen molar-refractivity contribution in [3.63, 3.8) is 0 Å². The van der Waals surface area contributed by atoms with Gasteiger partial charge in [-0.2, -0.15) is 0 Å². The molecule has 0 saturated heterocycles. The Morgan fingerprint density at radius 3 is 2.56 bits per heavy atom. The number of carbonyl (C=O) groups is 1. The van der Waals surface area contributed by atoms with Crippen molar-refractivity contribution >= 4 is 40.1 Å². The largest absolute Gasteiger partial charge is 0.347 e. The first-order chi connectivity index (χ1) is 13.0. The second-order valence-corrected chi connectivity index (χ2v) is 8.61. The summed E-state index contributed by atoms with van der Waals surface area (Å²) in [6, 6.07) is 10.9. The molecule has 2 aliphatic rings. The smallest absolute Gasteiger partial charge is 0.251 e. The summed E-state index contributed by atoms with van der Waals surface area (Å²) in [6.07, 6.45) is 5.81. The van der Waals surface area contributed by atoms with E-state index in [-0.39, 0.29) is 11.4 Å². The monoisotopic (exact) mass is 399 g/mol. The molecule has 2 aliphatic carbocycles. The van der Waals surface area contributed by atoms with Gasteiger partial charge >= 0.3 is 0 Å². The van der Waals surface area contributed by atoms with Gasteiger partial charge in [-0.15, -0.1) is 0 Å². The van der Waals surface area contributed by atoms with Crippen LogP contribution in [0.2, 0.25) is 10.0 Å². The lowest BCUT2D eigenvalue weighted by molar-refractivity contribution is 0.0901. The summed E-state index contributed by atoms with van der Waals surface area (Å²) in [4.78, 5) is 20.7. The first-order valence-corrected chi connectivity index (χ1v) is 10.1. The van der Waals surface area contributed by atoms with E-state index >= 15 is 0 Å². The van der Waals surface area contributed by atoms with Gasteiger partial charge in [0.15, 0.2) is 0 Å². The van der Waals surface area contributed by atoms with Gasteiger partial charge in [-0.05, 0) is 68.4 Å². The standard InChI is InChI=1S/C21H19Cl2N3O/c22-14-2-1-3-15(23)18(14)19-24-16-5-4-13(10-17(16)25-19)20(27)26-21-8-6-12(11-21)7-9-21/h1-5,10,12H,6-9,11H2,(H,24,25)(H,26,27). The number of aromatic nitrogens is 2. The first kappa shape index (κ1) is 17.1. The molecule has 0 atom stereocenters. The molecule has 27 heavy (non-hydrogen) atoms. The highest BCUT2D eigenvalue weighted by atomic mass is 35.5. The number of nitrogens with zero attached hydrogens (tertiary/aromatic N) is 1. The highest BCUT2D eigenvalue weighted by Gasteiger charge is 2.45. The van der Waals surface area contributed by atoms with Gasteiger partial charge in [-0.25, -0.2) is 4.98 Å². The Labute approximate surface area is 167 Å². The molecule has 5 rings (SSSR count).